The van der Waals surface area contributed by atoms with Crippen LogP contribution < -0.4 is 10.6 Å². The van der Waals surface area contributed by atoms with Gasteiger partial charge in [0.05, 0.1) is 25.6 Å². The molecule has 3 rings (SSSR count). The summed E-state index contributed by atoms with van der Waals surface area (Å²) in [6, 6.07) is 3.93. The zero-order chi connectivity index (χ0) is 18.6. The van der Waals surface area contributed by atoms with Crippen LogP contribution in [-0.4, -0.2) is 76.1 Å². The highest BCUT2D eigenvalue weighted by atomic mass is 16.5. The standard InChI is InChI=1S/C20H34N4O3/c1-2-14-26-18(4-1)6-8-21-20(22-9-7-19-5-3-15-27-19)23-10-11-24-12-16-25-17-13-24/h3,5,15,18H,1-2,4,6-14,16-17H2,(H2,21,22,23). The fourth-order valence-electron chi connectivity index (χ4n) is 3.45. The summed E-state index contributed by atoms with van der Waals surface area (Å²) in [6.45, 7) is 8.09. The smallest absolute Gasteiger partial charge is 0.191 e. The van der Waals surface area contributed by atoms with E-state index in [1.807, 2.05) is 12.1 Å². The van der Waals surface area contributed by atoms with Crippen LogP contribution in [0.15, 0.2) is 27.8 Å². The minimum Gasteiger partial charge on any atom is -0.469 e. The molecule has 1 aromatic heterocycles. The second kappa shape index (κ2) is 12.0. The fraction of sp³-hybridized carbons (Fsp3) is 0.750. The Hall–Kier alpha value is -1.57. The van der Waals surface area contributed by atoms with Gasteiger partial charge in [0, 0.05) is 52.3 Å². The van der Waals surface area contributed by atoms with E-state index < -0.39 is 0 Å². The molecule has 0 spiro atoms. The number of aliphatic imine (C=N–C) groups is 1. The number of ether oxygens (including phenoxy) is 2. The number of nitrogens with zero attached hydrogens (tertiary/aromatic N) is 2. The lowest BCUT2D eigenvalue weighted by molar-refractivity contribution is 0.0129. The van der Waals surface area contributed by atoms with Gasteiger partial charge < -0.3 is 24.5 Å². The van der Waals surface area contributed by atoms with Crippen LogP contribution in [0, 0.1) is 0 Å². The first-order valence-corrected chi connectivity index (χ1v) is 10.4. The van der Waals surface area contributed by atoms with Gasteiger partial charge in [0.1, 0.15) is 5.76 Å². The molecule has 7 heteroatoms. The van der Waals surface area contributed by atoms with Crippen molar-refractivity contribution in [1.82, 2.24) is 15.5 Å². The van der Waals surface area contributed by atoms with Crippen molar-refractivity contribution in [2.24, 2.45) is 4.99 Å². The van der Waals surface area contributed by atoms with Crippen molar-refractivity contribution in [3.05, 3.63) is 24.2 Å². The van der Waals surface area contributed by atoms with Crippen LogP contribution in [0.3, 0.4) is 0 Å². The predicted octanol–water partition coefficient (Wildman–Crippen LogP) is 1.65. The normalized spacial score (nSPS) is 21.9. The maximum absolute atomic E-state index is 5.81. The first kappa shape index (κ1) is 20.2. The van der Waals surface area contributed by atoms with Crippen LogP contribution in [0.2, 0.25) is 0 Å². The molecule has 1 unspecified atom stereocenters. The van der Waals surface area contributed by atoms with Gasteiger partial charge in [-0.1, -0.05) is 0 Å². The van der Waals surface area contributed by atoms with E-state index in [0.29, 0.717) is 6.10 Å². The van der Waals surface area contributed by atoms with Crippen LogP contribution in [0.5, 0.6) is 0 Å². The van der Waals surface area contributed by atoms with Crippen molar-refractivity contribution >= 4 is 5.96 Å². The topological polar surface area (TPSA) is 71.3 Å². The molecule has 0 radical (unpaired) electrons. The van der Waals surface area contributed by atoms with Gasteiger partial charge in [-0.25, -0.2) is 0 Å². The summed E-state index contributed by atoms with van der Waals surface area (Å²) < 4.78 is 16.6. The maximum Gasteiger partial charge on any atom is 0.191 e. The zero-order valence-corrected chi connectivity index (χ0v) is 16.3. The fourth-order valence-corrected chi connectivity index (χ4v) is 3.45. The highest BCUT2D eigenvalue weighted by Crippen LogP contribution is 2.15. The molecule has 152 valence electrons. The quantitative estimate of drug-likeness (QED) is 0.503. The summed E-state index contributed by atoms with van der Waals surface area (Å²) in [5.41, 5.74) is 0. The Balaban J connectivity index is 1.40. The number of hydrogen-bond acceptors (Lipinski definition) is 5. The molecule has 1 aromatic rings. The number of morpholine rings is 1. The molecule has 2 aliphatic heterocycles. The summed E-state index contributed by atoms with van der Waals surface area (Å²) in [4.78, 5) is 7.18. The second-order valence-corrected chi connectivity index (χ2v) is 7.14. The lowest BCUT2D eigenvalue weighted by atomic mass is 10.1. The van der Waals surface area contributed by atoms with Crippen LogP contribution in [0.1, 0.15) is 31.4 Å². The lowest BCUT2D eigenvalue weighted by Gasteiger charge is -2.26. The monoisotopic (exact) mass is 378 g/mol. The highest BCUT2D eigenvalue weighted by Gasteiger charge is 2.13. The molecule has 7 nitrogen and oxygen atoms in total. The Labute approximate surface area is 162 Å². The number of rotatable bonds is 9. The molecule has 0 bridgehead atoms. The molecule has 2 fully saturated rings. The van der Waals surface area contributed by atoms with E-state index in [1.54, 1.807) is 6.26 Å². The third-order valence-corrected chi connectivity index (χ3v) is 5.06. The Morgan fingerprint density at radius 1 is 1.15 bits per heavy atom. The van der Waals surface area contributed by atoms with E-state index in [4.69, 9.17) is 18.9 Å². The van der Waals surface area contributed by atoms with Gasteiger partial charge in [0.2, 0.25) is 0 Å². The SMILES string of the molecule is c1coc(CCNC(=NCCC2CCCCO2)NCCN2CCOCC2)c1. The molecular weight excluding hydrogens is 344 g/mol. The van der Waals surface area contributed by atoms with Crippen LogP contribution in [-0.2, 0) is 15.9 Å². The minimum absolute atomic E-state index is 0.375. The Bertz CT molecular complexity index is 523. The van der Waals surface area contributed by atoms with E-state index in [-0.39, 0.29) is 0 Å². The molecule has 3 heterocycles. The van der Waals surface area contributed by atoms with Crippen molar-refractivity contribution in [2.75, 3.05) is 59.1 Å². The van der Waals surface area contributed by atoms with E-state index in [0.717, 1.165) is 83.7 Å². The van der Waals surface area contributed by atoms with Crippen LogP contribution >= 0.6 is 0 Å². The van der Waals surface area contributed by atoms with Crippen molar-refractivity contribution in [1.29, 1.82) is 0 Å². The summed E-state index contributed by atoms with van der Waals surface area (Å²) >= 11 is 0. The van der Waals surface area contributed by atoms with Crippen molar-refractivity contribution in [3.8, 4) is 0 Å². The molecule has 0 aliphatic carbocycles. The Morgan fingerprint density at radius 2 is 2.04 bits per heavy atom. The Kier molecular flexibility index (Phi) is 8.97. The number of nitrogens with one attached hydrogen (secondary N) is 2. The first-order valence-electron chi connectivity index (χ1n) is 10.4. The average molecular weight is 379 g/mol. The lowest BCUT2D eigenvalue weighted by Crippen LogP contribution is -2.45. The van der Waals surface area contributed by atoms with Crippen LogP contribution in [0.25, 0.3) is 0 Å². The van der Waals surface area contributed by atoms with Gasteiger partial charge in [0.25, 0.3) is 0 Å². The predicted molar refractivity (Wildman–Crippen MR) is 106 cm³/mol. The van der Waals surface area contributed by atoms with E-state index >= 15 is 0 Å². The van der Waals surface area contributed by atoms with Gasteiger partial charge in [-0.3, -0.25) is 9.89 Å². The van der Waals surface area contributed by atoms with E-state index in [1.165, 1.54) is 19.3 Å². The summed E-state index contributed by atoms with van der Waals surface area (Å²) in [7, 11) is 0. The molecule has 2 saturated heterocycles. The van der Waals surface area contributed by atoms with Gasteiger partial charge >= 0.3 is 0 Å². The van der Waals surface area contributed by atoms with Crippen molar-refractivity contribution in [2.45, 2.75) is 38.2 Å². The zero-order valence-electron chi connectivity index (χ0n) is 16.3. The van der Waals surface area contributed by atoms with Gasteiger partial charge in [0.15, 0.2) is 5.96 Å². The van der Waals surface area contributed by atoms with E-state index in [2.05, 4.69) is 15.5 Å². The van der Waals surface area contributed by atoms with Crippen LogP contribution in [0.4, 0.5) is 0 Å². The van der Waals surface area contributed by atoms with Gasteiger partial charge in [-0.2, -0.15) is 0 Å². The summed E-state index contributed by atoms with van der Waals surface area (Å²) in [5, 5.41) is 6.90. The average Bonchev–Trinajstić information content (AvgIpc) is 3.23. The summed E-state index contributed by atoms with van der Waals surface area (Å²) in [6.07, 6.45) is 7.58. The number of furan rings is 1. The third-order valence-electron chi connectivity index (χ3n) is 5.06. The van der Waals surface area contributed by atoms with Crippen molar-refractivity contribution in [3.63, 3.8) is 0 Å². The molecule has 27 heavy (non-hydrogen) atoms. The first-order chi connectivity index (χ1) is 13.4. The molecule has 2 aliphatic rings. The molecule has 2 N–H and O–H groups in total. The number of guanidine groups is 1. The Morgan fingerprint density at radius 3 is 2.81 bits per heavy atom. The third kappa shape index (κ3) is 7.91. The van der Waals surface area contributed by atoms with Gasteiger partial charge in [-0.15, -0.1) is 0 Å². The highest BCUT2D eigenvalue weighted by molar-refractivity contribution is 5.79. The largest absolute Gasteiger partial charge is 0.469 e. The number of hydrogen-bond donors (Lipinski definition) is 2. The van der Waals surface area contributed by atoms with Crippen molar-refractivity contribution < 1.29 is 13.9 Å². The molecule has 1 atom stereocenters. The minimum atomic E-state index is 0.375. The maximum atomic E-state index is 5.81. The van der Waals surface area contributed by atoms with Gasteiger partial charge in [-0.05, 0) is 37.8 Å². The molecule has 0 saturated carbocycles. The summed E-state index contributed by atoms with van der Waals surface area (Å²) in [5.74, 6) is 1.87. The second-order valence-electron chi connectivity index (χ2n) is 7.14. The molecular formula is C20H34N4O3. The van der Waals surface area contributed by atoms with E-state index in [9.17, 15) is 0 Å². The molecule has 0 amide bonds. The molecule has 0 aromatic carbocycles.